The van der Waals surface area contributed by atoms with Gasteiger partial charge in [-0.1, -0.05) is 18.5 Å². The average Bonchev–Trinajstić information content (AvgIpc) is 2.52. The number of hydrogen-bond acceptors (Lipinski definition) is 3. The van der Waals surface area contributed by atoms with Crippen LogP contribution in [0.4, 0.5) is 0 Å². The maximum absolute atomic E-state index is 11.9. The van der Waals surface area contributed by atoms with Crippen LogP contribution in [0.25, 0.3) is 0 Å². The number of carbonyl (C=O) groups is 1. The first kappa shape index (κ1) is 12.2. The van der Waals surface area contributed by atoms with Gasteiger partial charge >= 0.3 is 0 Å². The van der Waals surface area contributed by atoms with Gasteiger partial charge in [-0.25, -0.2) is 0 Å². The fourth-order valence-electron chi connectivity index (χ4n) is 1.76. The third-order valence-electron chi connectivity index (χ3n) is 2.61. The van der Waals surface area contributed by atoms with Crippen LogP contribution in [0.1, 0.15) is 36.5 Å². The molecule has 0 saturated heterocycles. The second-order valence-electron chi connectivity index (χ2n) is 4.00. The zero-order valence-corrected chi connectivity index (χ0v) is 10.5. The first-order valence-corrected chi connectivity index (χ1v) is 6.22. The molecule has 0 N–H and O–H groups in total. The number of halogens is 1. The normalized spacial score (nSPS) is 14.2. The Hall–Kier alpha value is -1.22. The van der Waals surface area contributed by atoms with Crippen LogP contribution >= 0.6 is 11.6 Å². The smallest absolute Gasteiger partial charge is 0.164 e. The van der Waals surface area contributed by atoms with Crippen molar-refractivity contribution < 1.29 is 14.3 Å². The molecule has 3 nitrogen and oxygen atoms in total. The quantitative estimate of drug-likeness (QED) is 0.775. The van der Waals surface area contributed by atoms with Gasteiger partial charge < -0.3 is 9.47 Å². The second kappa shape index (κ2) is 5.41. The number of hydrogen-bond donors (Lipinski definition) is 0. The van der Waals surface area contributed by atoms with Crippen LogP contribution < -0.4 is 9.47 Å². The van der Waals surface area contributed by atoms with Crippen LogP contribution in [0.3, 0.4) is 0 Å². The molecule has 1 aliphatic heterocycles. The molecular weight excluding hydrogens is 240 g/mol. The van der Waals surface area contributed by atoms with Crippen LogP contribution in [0.5, 0.6) is 11.5 Å². The maximum Gasteiger partial charge on any atom is 0.164 e. The van der Waals surface area contributed by atoms with Gasteiger partial charge in [0.05, 0.1) is 18.2 Å². The molecule has 0 atom stereocenters. The van der Waals surface area contributed by atoms with E-state index in [1.54, 1.807) is 12.1 Å². The van der Waals surface area contributed by atoms with Gasteiger partial charge in [0.1, 0.15) is 0 Å². The zero-order chi connectivity index (χ0) is 12.3. The highest BCUT2D eigenvalue weighted by atomic mass is 35.5. The number of carbonyl (C=O) groups excluding carboxylic acids is 1. The summed E-state index contributed by atoms with van der Waals surface area (Å²) in [5, 5.41) is 0.438. The molecule has 0 radical (unpaired) electrons. The number of fused-ring (bicyclic) bond motifs is 1. The van der Waals surface area contributed by atoms with Crippen LogP contribution in [-0.4, -0.2) is 19.0 Å². The molecule has 1 aromatic carbocycles. The molecule has 0 fully saturated rings. The van der Waals surface area contributed by atoms with Crippen molar-refractivity contribution in [2.75, 3.05) is 13.2 Å². The summed E-state index contributed by atoms with van der Waals surface area (Å²) in [6.45, 7) is 3.19. The van der Waals surface area contributed by atoms with Crippen molar-refractivity contribution in [2.45, 2.75) is 26.2 Å². The van der Waals surface area contributed by atoms with E-state index in [1.807, 2.05) is 6.92 Å². The molecule has 4 heteroatoms. The van der Waals surface area contributed by atoms with Gasteiger partial charge in [-0.15, -0.1) is 0 Å². The number of rotatable bonds is 3. The minimum Gasteiger partial charge on any atom is -0.490 e. The Kier molecular flexibility index (Phi) is 3.89. The predicted molar refractivity (Wildman–Crippen MR) is 66.3 cm³/mol. The van der Waals surface area contributed by atoms with Crippen molar-refractivity contribution in [3.8, 4) is 11.5 Å². The van der Waals surface area contributed by atoms with E-state index < -0.39 is 0 Å². The topological polar surface area (TPSA) is 35.5 Å². The van der Waals surface area contributed by atoms with E-state index in [0.29, 0.717) is 41.7 Å². The molecule has 0 unspecified atom stereocenters. The third-order valence-corrected chi connectivity index (χ3v) is 2.93. The molecule has 0 amide bonds. The molecule has 0 bridgehead atoms. The van der Waals surface area contributed by atoms with Gasteiger partial charge in [0.2, 0.25) is 0 Å². The van der Waals surface area contributed by atoms with Crippen molar-refractivity contribution in [1.29, 1.82) is 0 Å². The first-order chi connectivity index (χ1) is 8.22. The minimum atomic E-state index is 0.0492. The molecule has 1 heterocycles. The Morgan fingerprint density at radius 3 is 2.59 bits per heavy atom. The lowest BCUT2D eigenvalue weighted by Crippen LogP contribution is -2.01. The van der Waals surface area contributed by atoms with E-state index >= 15 is 0 Å². The van der Waals surface area contributed by atoms with Crippen LogP contribution in [0.2, 0.25) is 5.02 Å². The number of ketones is 1. The highest BCUT2D eigenvalue weighted by molar-refractivity contribution is 6.34. The van der Waals surface area contributed by atoms with Crippen molar-refractivity contribution in [3.63, 3.8) is 0 Å². The van der Waals surface area contributed by atoms with E-state index in [4.69, 9.17) is 21.1 Å². The van der Waals surface area contributed by atoms with Crippen LogP contribution in [-0.2, 0) is 0 Å². The lowest BCUT2D eigenvalue weighted by molar-refractivity contribution is 0.0981. The SMILES string of the molecule is CCCC(=O)c1cc2c(cc1Cl)OCCCO2. The Balaban J connectivity index is 2.35. The first-order valence-electron chi connectivity index (χ1n) is 5.84. The molecule has 0 spiro atoms. The summed E-state index contributed by atoms with van der Waals surface area (Å²) in [4.78, 5) is 11.9. The summed E-state index contributed by atoms with van der Waals surface area (Å²) in [5.41, 5.74) is 0.526. The predicted octanol–water partition coefficient (Wildman–Crippen LogP) is 3.48. The Morgan fingerprint density at radius 1 is 1.29 bits per heavy atom. The lowest BCUT2D eigenvalue weighted by Gasteiger charge is -2.10. The zero-order valence-electron chi connectivity index (χ0n) is 9.79. The molecule has 0 aliphatic carbocycles. The standard InChI is InChI=1S/C13H15ClO3/c1-2-4-11(15)9-7-12-13(8-10(9)14)17-6-3-5-16-12/h7-8H,2-6H2,1H3. The van der Waals surface area contributed by atoms with Gasteiger partial charge in [0.15, 0.2) is 17.3 Å². The highest BCUT2D eigenvalue weighted by Crippen LogP contribution is 2.35. The van der Waals surface area contributed by atoms with Crippen LogP contribution in [0.15, 0.2) is 12.1 Å². The third kappa shape index (κ3) is 2.72. The summed E-state index contributed by atoms with van der Waals surface area (Å²) in [6.07, 6.45) is 2.15. The molecule has 1 aromatic rings. The van der Waals surface area contributed by atoms with E-state index in [1.165, 1.54) is 0 Å². The molecule has 0 saturated carbocycles. The van der Waals surface area contributed by atoms with Crippen molar-refractivity contribution in [2.24, 2.45) is 0 Å². The monoisotopic (exact) mass is 254 g/mol. The Bertz CT molecular complexity index is 429. The van der Waals surface area contributed by atoms with Gasteiger partial charge in [-0.2, -0.15) is 0 Å². The van der Waals surface area contributed by atoms with Gasteiger partial charge in [0.25, 0.3) is 0 Å². The van der Waals surface area contributed by atoms with E-state index in [2.05, 4.69) is 0 Å². The summed E-state index contributed by atoms with van der Waals surface area (Å²) < 4.78 is 11.0. The molecule has 1 aliphatic rings. The summed E-state index contributed by atoms with van der Waals surface area (Å²) in [6, 6.07) is 3.37. The van der Waals surface area contributed by atoms with Gasteiger partial charge in [-0.3, -0.25) is 4.79 Å². The number of ether oxygens (including phenoxy) is 2. The fourth-order valence-corrected chi connectivity index (χ4v) is 2.02. The molecular formula is C13H15ClO3. The molecule has 0 aromatic heterocycles. The number of benzene rings is 1. The molecule has 17 heavy (non-hydrogen) atoms. The van der Waals surface area contributed by atoms with E-state index in [9.17, 15) is 4.79 Å². The summed E-state index contributed by atoms with van der Waals surface area (Å²) in [5.74, 6) is 1.29. The van der Waals surface area contributed by atoms with E-state index in [0.717, 1.165) is 12.8 Å². The van der Waals surface area contributed by atoms with Crippen LogP contribution in [0, 0.1) is 0 Å². The van der Waals surface area contributed by atoms with Crippen molar-refractivity contribution in [3.05, 3.63) is 22.7 Å². The molecule has 92 valence electrons. The minimum absolute atomic E-state index is 0.0492. The van der Waals surface area contributed by atoms with Crippen molar-refractivity contribution in [1.82, 2.24) is 0 Å². The highest BCUT2D eigenvalue weighted by Gasteiger charge is 2.17. The van der Waals surface area contributed by atoms with Gasteiger partial charge in [0, 0.05) is 24.5 Å². The van der Waals surface area contributed by atoms with Crippen molar-refractivity contribution >= 4 is 17.4 Å². The Labute approximate surface area is 106 Å². The van der Waals surface area contributed by atoms with E-state index in [-0.39, 0.29) is 5.78 Å². The number of Topliss-reactive ketones (excluding diaryl/α,β-unsaturated/α-hetero) is 1. The largest absolute Gasteiger partial charge is 0.490 e. The second-order valence-corrected chi connectivity index (χ2v) is 4.41. The summed E-state index contributed by atoms with van der Waals surface area (Å²) >= 11 is 6.09. The summed E-state index contributed by atoms with van der Waals surface area (Å²) in [7, 11) is 0. The maximum atomic E-state index is 11.9. The molecule has 2 rings (SSSR count). The lowest BCUT2D eigenvalue weighted by atomic mass is 10.1. The average molecular weight is 255 g/mol. The fraction of sp³-hybridized carbons (Fsp3) is 0.462. The Morgan fingerprint density at radius 2 is 1.94 bits per heavy atom. The van der Waals surface area contributed by atoms with Gasteiger partial charge in [-0.05, 0) is 12.5 Å².